The second kappa shape index (κ2) is 5.60. The van der Waals surface area contributed by atoms with Gasteiger partial charge < -0.3 is 4.74 Å². The highest BCUT2D eigenvalue weighted by atomic mass is 32.2. The van der Waals surface area contributed by atoms with Crippen molar-refractivity contribution in [2.45, 2.75) is 19.8 Å². The molecule has 1 aliphatic rings. The predicted molar refractivity (Wildman–Crippen MR) is 58.9 cm³/mol. The zero-order chi connectivity index (χ0) is 12.2. The molecule has 6 nitrogen and oxygen atoms in total. The van der Waals surface area contributed by atoms with Gasteiger partial charge in [-0.1, -0.05) is 6.92 Å². The Labute approximate surface area is 96.1 Å². The lowest BCUT2D eigenvalue weighted by atomic mass is 10.0. The van der Waals surface area contributed by atoms with Crippen LogP contribution >= 0.6 is 0 Å². The molecule has 0 amide bonds. The van der Waals surface area contributed by atoms with Gasteiger partial charge in [-0.3, -0.25) is 4.79 Å². The Bertz CT molecular complexity index is 341. The molecule has 1 rings (SSSR count). The van der Waals surface area contributed by atoms with Crippen LogP contribution in [0.25, 0.3) is 0 Å². The number of carbonyl (C=O) groups is 1. The topological polar surface area (TPSA) is 75.7 Å². The molecule has 1 atom stereocenters. The Balaban J connectivity index is 2.67. The molecular weight excluding hydrogens is 232 g/mol. The molecule has 7 heteroatoms. The molecule has 1 N–H and O–H groups in total. The monoisotopic (exact) mass is 250 g/mol. The molecule has 1 fully saturated rings. The second-order valence-electron chi connectivity index (χ2n) is 3.72. The largest absolute Gasteiger partial charge is 0.469 e. The molecule has 0 bridgehead atoms. The summed E-state index contributed by atoms with van der Waals surface area (Å²) in [7, 11) is -2.11. The highest BCUT2D eigenvalue weighted by molar-refractivity contribution is 7.87. The van der Waals surface area contributed by atoms with Gasteiger partial charge in [0.25, 0.3) is 10.2 Å². The van der Waals surface area contributed by atoms with Crippen molar-refractivity contribution < 1.29 is 17.9 Å². The van der Waals surface area contributed by atoms with Crippen molar-refractivity contribution in [2.75, 3.05) is 26.7 Å². The molecule has 0 aromatic rings. The molecule has 0 radical (unpaired) electrons. The van der Waals surface area contributed by atoms with E-state index in [1.54, 1.807) is 6.92 Å². The standard InChI is InChI=1S/C9H18N2O4S/c1-3-10-16(13,14)11-6-4-5-8(7-11)9(12)15-2/h8,10H,3-7H2,1-2H3/t8-/m0/s1. The van der Waals surface area contributed by atoms with Crippen molar-refractivity contribution in [2.24, 2.45) is 5.92 Å². The van der Waals surface area contributed by atoms with Gasteiger partial charge in [-0.05, 0) is 12.8 Å². The van der Waals surface area contributed by atoms with E-state index in [1.165, 1.54) is 11.4 Å². The SMILES string of the molecule is CCNS(=O)(=O)N1CCC[C@H](C(=O)OC)C1. The first kappa shape index (κ1) is 13.4. The fraction of sp³-hybridized carbons (Fsp3) is 0.889. The van der Waals surface area contributed by atoms with E-state index in [0.29, 0.717) is 25.9 Å². The summed E-state index contributed by atoms with van der Waals surface area (Å²) in [5.74, 6) is -0.677. The molecule has 1 saturated heterocycles. The van der Waals surface area contributed by atoms with Gasteiger partial charge in [0.15, 0.2) is 0 Å². The van der Waals surface area contributed by atoms with E-state index in [1.807, 2.05) is 0 Å². The molecule has 0 spiro atoms. The van der Waals surface area contributed by atoms with Gasteiger partial charge in [0, 0.05) is 19.6 Å². The Morgan fingerprint density at radius 1 is 1.56 bits per heavy atom. The van der Waals surface area contributed by atoms with E-state index < -0.39 is 10.2 Å². The van der Waals surface area contributed by atoms with Crippen LogP contribution in [0.5, 0.6) is 0 Å². The maximum Gasteiger partial charge on any atom is 0.309 e. The zero-order valence-corrected chi connectivity index (χ0v) is 10.4. The van der Waals surface area contributed by atoms with Gasteiger partial charge >= 0.3 is 5.97 Å². The van der Waals surface area contributed by atoms with Crippen LogP contribution in [-0.2, 0) is 19.7 Å². The molecule has 0 unspecified atom stereocenters. The number of esters is 1. The van der Waals surface area contributed by atoms with Crippen LogP contribution in [0.1, 0.15) is 19.8 Å². The summed E-state index contributed by atoms with van der Waals surface area (Å²) < 4.78 is 31.8. The molecule has 16 heavy (non-hydrogen) atoms. The third kappa shape index (κ3) is 3.16. The fourth-order valence-corrected chi connectivity index (χ4v) is 3.09. The van der Waals surface area contributed by atoms with Crippen LogP contribution in [-0.4, -0.2) is 45.4 Å². The van der Waals surface area contributed by atoms with Crippen molar-refractivity contribution >= 4 is 16.2 Å². The third-order valence-corrected chi connectivity index (χ3v) is 4.25. The van der Waals surface area contributed by atoms with Crippen LogP contribution in [0.2, 0.25) is 0 Å². The average Bonchev–Trinajstić information content (AvgIpc) is 2.28. The number of hydrogen-bond donors (Lipinski definition) is 1. The van der Waals surface area contributed by atoms with Crippen LogP contribution in [0.3, 0.4) is 0 Å². The van der Waals surface area contributed by atoms with Crippen molar-refractivity contribution in [3.05, 3.63) is 0 Å². The number of ether oxygens (including phenoxy) is 1. The summed E-state index contributed by atoms with van der Waals surface area (Å²) in [5.41, 5.74) is 0. The average molecular weight is 250 g/mol. The van der Waals surface area contributed by atoms with Gasteiger partial charge in [-0.25, -0.2) is 4.72 Å². The van der Waals surface area contributed by atoms with E-state index in [2.05, 4.69) is 9.46 Å². The van der Waals surface area contributed by atoms with Crippen LogP contribution < -0.4 is 4.72 Å². The highest BCUT2D eigenvalue weighted by Crippen LogP contribution is 2.19. The summed E-state index contributed by atoms with van der Waals surface area (Å²) in [6, 6.07) is 0. The summed E-state index contributed by atoms with van der Waals surface area (Å²) in [4.78, 5) is 11.3. The van der Waals surface area contributed by atoms with Crippen LogP contribution in [0.15, 0.2) is 0 Å². The minimum Gasteiger partial charge on any atom is -0.469 e. The van der Waals surface area contributed by atoms with Gasteiger partial charge in [0.1, 0.15) is 0 Å². The zero-order valence-electron chi connectivity index (χ0n) is 9.60. The number of nitrogens with one attached hydrogen (secondary N) is 1. The molecule has 0 saturated carbocycles. The Hall–Kier alpha value is -0.660. The quantitative estimate of drug-likeness (QED) is 0.697. The number of hydrogen-bond acceptors (Lipinski definition) is 4. The number of rotatable bonds is 4. The van der Waals surface area contributed by atoms with Crippen molar-refractivity contribution in [1.29, 1.82) is 0 Å². The van der Waals surface area contributed by atoms with E-state index in [9.17, 15) is 13.2 Å². The number of nitrogens with zero attached hydrogens (tertiary/aromatic N) is 1. The van der Waals surface area contributed by atoms with E-state index in [0.717, 1.165) is 0 Å². The van der Waals surface area contributed by atoms with Gasteiger partial charge in [-0.2, -0.15) is 12.7 Å². The minimum atomic E-state index is -3.43. The Morgan fingerprint density at radius 2 is 2.25 bits per heavy atom. The van der Waals surface area contributed by atoms with E-state index >= 15 is 0 Å². The first-order valence-corrected chi connectivity index (χ1v) is 6.77. The molecular formula is C9H18N2O4S. The third-order valence-electron chi connectivity index (χ3n) is 2.59. The fourth-order valence-electron chi connectivity index (χ4n) is 1.79. The van der Waals surface area contributed by atoms with Crippen molar-refractivity contribution in [3.8, 4) is 0 Å². The smallest absolute Gasteiger partial charge is 0.309 e. The molecule has 0 aliphatic carbocycles. The normalized spacial score (nSPS) is 23.0. The number of piperidine rings is 1. The maximum absolute atomic E-state index is 11.7. The Kier molecular flexibility index (Phi) is 4.69. The number of carbonyl (C=O) groups excluding carboxylic acids is 1. The van der Waals surface area contributed by atoms with E-state index in [4.69, 9.17) is 0 Å². The van der Waals surface area contributed by atoms with Crippen LogP contribution in [0, 0.1) is 5.92 Å². The lowest BCUT2D eigenvalue weighted by Gasteiger charge is -2.30. The second-order valence-corrected chi connectivity index (χ2v) is 5.48. The minimum absolute atomic E-state index is 0.210. The maximum atomic E-state index is 11.7. The van der Waals surface area contributed by atoms with Gasteiger partial charge in [0.05, 0.1) is 13.0 Å². The van der Waals surface area contributed by atoms with Crippen LogP contribution in [0.4, 0.5) is 0 Å². The molecule has 0 aromatic heterocycles. The molecule has 1 aliphatic heterocycles. The van der Waals surface area contributed by atoms with Gasteiger partial charge in [0.2, 0.25) is 0 Å². The summed E-state index contributed by atoms with van der Waals surface area (Å²) in [5, 5.41) is 0. The van der Waals surface area contributed by atoms with Crippen molar-refractivity contribution in [3.63, 3.8) is 0 Å². The van der Waals surface area contributed by atoms with Gasteiger partial charge in [-0.15, -0.1) is 0 Å². The van der Waals surface area contributed by atoms with E-state index in [-0.39, 0.29) is 18.4 Å². The molecule has 94 valence electrons. The first-order chi connectivity index (χ1) is 7.51. The summed E-state index contributed by atoms with van der Waals surface area (Å²) in [6.07, 6.45) is 1.37. The number of methoxy groups -OCH3 is 1. The van der Waals surface area contributed by atoms with Crippen molar-refractivity contribution in [1.82, 2.24) is 9.03 Å². The highest BCUT2D eigenvalue weighted by Gasteiger charge is 2.32. The summed E-state index contributed by atoms with van der Waals surface area (Å²) in [6.45, 7) is 2.74. The Morgan fingerprint density at radius 3 is 2.81 bits per heavy atom. The molecule has 1 heterocycles. The lowest BCUT2D eigenvalue weighted by molar-refractivity contribution is -0.146. The first-order valence-electron chi connectivity index (χ1n) is 5.33. The molecule has 0 aromatic carbocycles. The predicted octanol–water partition coefficient (Wildman–Crippen LogP) is -0.274. The summed E-state index contributed by atoms with van der Waals surface area (Å²) >= 11 is 0. The lowest BCUT2D eigenvalue weighted by Crippen LogP contribution is -2.47.